The summed E-state index contributed by atoms with van der Waals surface area (Å²) in [6.07, 6.45) is 7.56. The van der Waals surface area contributed by atoms with Crippen molar-refractivity contribution < 1.29 is 4.79 Å². The van der Waals surface area contributed by atoms with Gasteiger partial charge in [0.05, 0.1) is 12.6 Å². The fourth-order valence-corrected chi connectivity index (χ4v) is 2.61. The van der Waals surface area contributed by atoms with Crippen LogP contribution in [0, 0.1) is 0 Å². The van der Waals surface area contributed by atoms with Crippen LogP contribution in [0.25, 0.3) is 0 Å². The molecule has 2 heterocycles. The molecule has 1 aromatic heterocycles. The first kappa shape index (κ1) is 12.5. The van der Waals surface area contributed by atoms with Crippen molar-refractivity contribution in [2.24, 2.45) is 0 Å². The van der Waals surface area contributed by atoms with Crippen LogP contribution in [-0.2, 0) is 11.3 Å². The normalized spacial score (nSPS) is 21.5. The van der Waals surface area contributed by atoms with E-state index in [2.05, 4.69) is 15.6 Å². The summed E-state index contributed by atoms with van der Waals surface area (Å²) in [6.45, 7) is 1.50. The molecule has 1 saturated heterocycles. The molecule has 0 aliphatic carbocycles. The number of hydrogen-bond donors (Lipinski definition) is 2. The molecule has 1 fully saturated rings. The topological polar surface area (TPSA) is 54.0 Å². The van der Waals surface area contributed by atoms with Crippen molar-refractivity contribution in [2.45, 2.75) is 44.7 Å². The smallest absolute Gasteiger partial charge is 0.237 e. The standard InChI is InChI=1S/C12H19N3OS/c16-12(15-9-11-14-7-8-17-11)10-5-3-1-2-4-6-13-10/h7-8,10,13H,1-6,9H2,(H,15,16). The van der Waals surface area contributed by atoms with Gasteiger partial charge in [0.1, 0.15) is 5.01 Å². The molecule has 4 nitrogen and oxygen atoms in total. The van der Waals surface area contributed by atoms with Crippen LogP contribution in [0.5, 0.6) is 0 Å². The first-order chi connectivity index (χ1) is 8.36. The van der Waals surface area contributed by atoms with E-state index in [0.29, 0.717) is 6.54 Å². The molecule has 94 valence electrons. The molecule has 1 atom stereocenters. The zero-order valence-corrected chi connectivity index (χ0v) is 10.8. The number of thiazole rings is 1. The van der Waals surface area contributed by atoms with Gasteiger partial charge in [-0.05, 0) is 19.4 Å². The molecule has 0 saturated carbocycles. The molecule has 2 rings (SSSR count). The fraction of sp³-hybridized carbons (Fsp3) is 0.667. The zero-order chi connectivity index (χ0) is 11.9. The van der Waals surface area contributed by atoms with Crippen molar-refractivity contribution in [3.8, 4) is 0 Å². The van der Waals surface area contributed by atoms with E-state index in [9.17, 15) is 4.79 Å². The summed E-state index contributed by atoms with van der Waals surface area (Å²) < 4.78 is 0. The Balaban J connectivity index is 1.77. The Morgan fingerprint density at radius 3 is 3.18 bits per heavy atom. The van der Waals surface area contributed by atoms with Gasteiger partial charge >= 0.3 is 0 Å². The molecule has 5 heteroatoms. The van der Waals surface area contributed by atoms with E-state index in [1.54, 1.807) is 17.5 Å². The van der Waals surface area contributed by atoms with Crippen molar-refractivity contribution in [1.82, 2.24) is 15.6 Å². The van der Waals surface area contributed by atoms with Gasteiger partial charge in [-0.15, -0.1) is 11.3 Å². The third-order valence-electron chi connectivity index (χ3n) is 3.02. The van der Waals surface area contributed by atoms with Gasteiger partial charge in [0.25, 0.3) is 0 Å². The summed E-state index contributed by atoms with van der Waals surface area (Å²) in [5, 5.41) is 9.16. The molecule has 1 unspecified atom stereocenters. The molecule has 0 bridgehead atoms. The van der Waals surface area contributed by atoms with Crippen LogP contribution in [0.2, 0.25) is 0 Å². The van der Waals surface area contributed by atoms with E-state index >= 15 is 0 Å². The van der Waals surface area contributed by atoms with Crippen LogP contribution in [0.3, 0.4) is 0 Å². The molecule has 0 aromatic carbocycles. The van der Waals surface area contributed by atoms with E-state index in [-0.39, 0.29) is 11.9 Å². The van der Waals surface area contributed by atoms with Crippen LogP contribution in [-0.4, -0.2) is 23.5 Å². The molecule has 2 N–H and O–H groups in total. The van der Waals surface area contributed by atoms with Gasteiger partial charge < -0.3 is 10.6 Å². The number of carbonyl (C=O) groups excluding carboxylic acids is 1. The predicted octanol–water partition coefficient (Wildman–Crippen LogP) is 1.68. The largest absolute Gasteiger partial charge is 0.348 e. The lowest BCUT2D eigenvalue weighted by molar-refractivity contribution is -0.123. The Bertz CT molecular complexity index is 332. The number of nitrogens with zero attached hydrogens (tertiary/aromatic N) is 1. The quantitative estimate of drug-likeness (QED) is 0.862. The average Bonchev–Trinajstić information content (AvgIpc) is 2.78. The van der Waals surface area contributed by atoms with Crippen LogP contribution >= 0.6 is 11.3 Å². The first-order valence-electron chi connectivity index (χ1n) is 6.26. The van der Waals surface area contributed by atoms with E-state index in [4.69, 9.17) is 0 Å². The van der Waals surface area contributed by atoms with Gasteiger partial charge in [-0.2, -0.15) is 0 Å². The second kappa shape index (κ2) is 6.71. The maximum Gasteiger partial charge on any atom is 0.237 e. The third-order valence-corrected chi connectivity index (χ3v) is 3.80. The minimum atomic E-state index is -0.0183. The predicted molar refractivity (Wildman–Crippen MR) is 68.8 cm³/mol. The van der Waals surface area contributed by atoms with Crippen LogP contribution < -0.4 is 10.6 Å². The highest BCUT2D eigenvalue weighted by molar-refractivity contribution is 7.09. The summed E-state index contributed by atoms with van der Waals surface area (Å²) in [5.74, 6) is 0.113. The Morgan fingerprint density at radius 2 is 2.35 bits per heavy atom. The summed E-state index contributed by atoms with van der Waals surface area (Å²) in [6, 6.07) is -0.0183. The second-order valence-electron chi connectivity index (χ2n) is 4.35. The van der Waals surface area contributed by atoms with Gasteiger partial charge in [0.15, 0.2) is 0 Å². The summed E-state index contributed by atoms with van der Waals surface area (Å²) >= 11 is 1.57. The van der Waals surface area contributed by atoms with E-state index < -0.39 is 0 Å². The molecular weight excluding hydrogens is 234 g/mol. The summed E-state index contributed by atoms with van der Waals surface area (Å²) in [4.78, 5) is 16.1. The average molecular weight is 253 g/mol. The number of nitrogens with one attached hydrogen (secondary N) is 2. The molecular formula is C12H19N3OS. The van der Waals surface area contributed by atoms with E-state index in [1.165, 1.54) is 19.3 Å². The van der Waals surface area contributed by atoms with Gasteiger partial charge in [-0.25, -0.2) is 4.98 Å². The van der Waals surface area contributed by atoms with Crippen molar-refractivity contribution in [2.75, 3.05) is 6.54 Å². The van der Waals surface area contributed by atoms with Gasteiger partial charge in [0.2, 0.25) is 5.91 Å². The highest BCUT2D eigenvalue weighted by atomic mass is 32.1. The lowest BCUT2D eigenvalue weighted by Crippen LogP contribution is -2.44. The van der Waals surface area contributed by atoms with Gasteiger partial charge in [-0.1, -0.05) is 19.3 Å². The zero-order valence-electron chi connectivity index (χ0n) is 9.95. The first-order valence-corrected chi connectivity index (χ1v) is 7.14. The Kier molecular flexibility index (Phi) is 4.94. The van der Waals surface area contributed by atoms with Crippen molar-refractivity contribution in [1.29, 1.82) is 0 Å². The summed E-state index contributed by atoms with van der Waals surface area (Å²) in [7, 11) is 0. The minimum Gasteiger partial charge on any atom is -0.348 e. The van der Waals surface area contributed by atoms with E-state index in [0.717, 1.165) is 24.4 Å². The lowest BCUT2D eigenvalue weighted by atomic mass is 10.0. The summed E-state index contributed by atoms with van der Waals surface area (Å²) in [5.41, 5.74) is 0. The van der Waals surface area contributed by atoms with Crippen molar-refractivity contribution in [3.63, 3.8) is 0 Å². The number of amides is 1. The van der Waals surface area contributed by atoms with Gasteiger partial charge in [-0.3, -0.25) is 4.79 Å². The fourth-order valence-electron chi connectivity index (χ4n) is 2.06. The molecule has 17 heavy (non-hydrogen) atoms. The maximum absolute atomic E-state index is 12.0. The Morgan fingerprint density at radius 1 is 1.47 bits per heavy atom. The molecule has 1 aliphatic rings. The van der Waals surface area contributed by atoms with Crippen molar-refractivity contribution >= 4 is 17.2 Å². The van der Waals surface area contributed by atoms with Crippen LogP contribution in [0.1, 0.15) is 37.1 Å². The molecule has 1 amide bonds. The molecule has 0 radical (unpaired) electrons. The molecule has 1 aromatic rings. The van der Waals surface area contributed by atoms with Crippen LogP contribution in [0.4, 0.5) is 0 Å². The van der Waals surface area contributed by atoms with Crippen molar-refractivity contribution in [3.05, 3.63) is 16.6 Å². The van der Waals surface area contributed by atoms with E-state index in [1.807, 2.05) is 5.38 Å². The number of hydrogen-bond acceptors (Lipinski definition) is 4. The SMILES string of the molecule is O=C(NCc1nccs1)C1CCCCCCN1. The number of carbonyl (C=O) groups is 1. The minimum absolute atomic E-state index is 0.0183. The lowest BCUT2D eigenvalue weighted by Gasteiger charge is -2.20. The van der Waals surface area contributed by atoms with Crippen LogP contribution in [0.15, 0.2) is 11.6 Å². The Labute approximate surface area is 106 Å². The maximum atomic E-state index is 12.0. The number of rotatable bonds is 3. The highest BCUT2D eigenvalue weighted by Crippen LogP contribution is 2.10. The Hall–Kier alpha value is -0.940. The molecule has 1 aliphatic heterocycles. The third kappa shape index (κ3) is 4.09. The highest BCUT2D eigenvalue weighted by Gasteiger charge is 2.18. The monoisotopic (exact) mass is 253 g/mol. The second-order valence-corrected chi connectivity index (χ2v) is 5.33. The molecule has 0 spiro atoms. The number of aromatic nitrogens is 1. The van der Waals surface area contributed by atoms with Gasteiger partial charge in [0, 0.05) is 11.6 Å².